The van der Waals surface area contributed by atoms with Crippen LogP contribution in [0.5, 0.6) is 0 Å². The molecule has 2 N–H and O–H groups in total. The number of benzene rings is 1. The highest BCUT2D eigenvalue weighted by Gasteiger charge is 2.19. The van der Waals surface area contributed by atoms with Crippen LogP contribution in [0.3, 0.4) is 0 Å². The molecule has 0 aliphatic carbocycles. The van der Waals surface area contributed by atoms with Gasteiger partial charge in [0.15, 0.2) is 0 Å². The molecule has 5 nitrogen and oxygen atoms in total. The number of alkyl carbamates (subject to hydrolysis) is 1. The van der Waals surface area contributed by atoms with Crippen molar-refractivity contribution in [3.8, 4) is 0 Å². The average Bonchev–Trinajstić information content (AvgIpc) is 2.45. The summed E-state index contributed by atoms with van der Waals surface area (Å²) in [5.41, 5.74) is 1.09. The van der Waals surface area contributed by atoms with Gasteiger partial charge in [0.1, 0.15) is 0 Å². The molecular formula is C14H19BrN2O3. The van der Waals surface area contributed by atoms with Crippen molar-refractivity contribution < 1.29 is 14.3 Å². The largest absolute Gasteiger partial charge is 0.453 e. The van der Waals surface area contributed by atoms with Crippen molar-refractivity contribution in [2.75, 3.05) is 7.11 Å². The van der Waals surface area contributed by atoms with Gasteiger partial charge in [0.05, 0.1) is 13.2 Å². The fraction of sp³-hybridized carbons (Fsp3) is 0.429. The average molecular weight is 343 g/mol. The van der Waals surface area contributed by atoms with Gasteiger partial charge in [0.2, 0.25) is 5.91 Å². The van der Waals surface area contributed by atoms with Crippen molar-refractivity contribution in [2.45, 2.75) is 32.4 Å². The second-order valence-corrected chi connectivity index (χ2v) is 5.30. The van der Waals surface area contributed by atoms with Crippen LogP contribution in [0.2, 0.25) is 0 Å². The summed E-state index contributed by atoms with van der Waals surface area (Å²) in [5, 5.41) is 5.35. The third-order valence-electron chi connectivity index (χ3n) is 2.94. The molecule has 0 aliphatic heterocycles. The Morgan fingerprint density at radius 1 is 1.30 bits per heavy atom. The van der Waals surface area contributed by atoms with Gasteiger partial charge < -0.3 is 4.74 Å². The first-order chi connectivity index (χ1) is 9.47. The van der Waals surface area contributed by atoms with E-state index >= 15 is 0 Å². The lowest BCUT2D eigenvalue weighted by molar-refractivity contribution is -0.122. The van der Waals surface area contributed by atoms with Gasteiger partial charge in [-0.1, -0.05) is 35.0 Å². The van der Waals surface area contributed by atoms with E-state index in [1.165, 1.54) is 7.11 Å². The maximum atomic E-state index is 11.8. The molecule has 0 radical (unpaired) electrons. The van der Waals surface area contributed by atoms with Gasteiger partial charge in [0, 0.05) is 10.5 Å². The molecule has 110 valence electrons. The number of ether oxygens (including phenoxy) is 1. The van der Waals surface area contributed by atoms with Crippen LogP contribution in [0, 0.1) is 0 Å². The lowest BCUT2D eigenvalue weighted by atomic mass is 10.0. The Bertz CT molecular complexity index is 462. The molecule has 2 atom stereocenters. The minimum atomic E-state index is -0.750. The van der Waals surface area contributed by atoms with E-state index in [2.05, 4.69) is 31.3 Å². The van der Waals surface area contributed by atoms with E-state index in [0.29, 0.717) is 0 Å². The maximum absolute atomic E-state index is 11.8. The molecule has 0 aliphatic rings. The summed E-state index contributed by atoms with van der Waals surface area (Å²) in [4.78, 5) is 22.8. The SMILES string of the molecule is CC[C@H](N[C@H](C)C(=O)NC(=O)OC)c1ccc(Br)cc1. The number of methoxy groups -OCH3 is 1. The van der Waals surface area contributed by atoms with E-state index in [9.17, 15) is 9.59 Å². The number of carbonyl (C=O) groups is 2. The normalized spacial score (nSPS) is 13.4. The standard InChI is InChI=1S/C14H19BrN2O3/c1-4-12(10-5-7-11(15)8-6-10)16-9(2)13(18)17-14(19)20-3/h5-9,12,16H,4H2,1-3H3,(H,17,18,19)/t9-,12+/m1/s1. The highest BCUT2D eigenvalue weighted by Crippen LogP contribution is 2.19. The minimum absolute atomic E-state index is 0.0431. The Kier molecular flexibility index (Phi) is 6.67. The minimum Gasteiger partial charge on any atom is -0.453 e. The van der Waals surface area contributed by atoms with Crippen LogP contribution in [0.25, 0.3) is 0 Å². The van der Waals surface area contributed by atoms with Crippen molar-refractivity contribution in [2.24, 2.45) is 0 Å². The van der Waals surface area contributed by atoms with Crippen LogP contribution < -0.4 is 10.6 Å². The third kappa shape index (κ3) is 4.94. The molecule has 1 aromatic rings. The summed E-state index contributed by atoms with van der Waals surface area (Å²) in [6, 6.07) is 7.45. The topological polar surface area (TPSA) is 67.4 Å². The summed E-state index contributed by atoms with van der Waals surface area (Å²) in [6.45, 7) is 3.74. The quantitative estimate of drug-likeness (QED) is 0.863. The molecule has 0 spiro atoms. The number of amides is 2. The molecule has 0 saturated carbocycles. The zero-order chi connectivity index (χ0) is 15.1. The number of nitrogens with one attached hydrogen (secondary N) is 2. The van der Waals surface area contributed by atoms with Crippen molar-refractivity contribution in [1.82, 2.24) is 10.6 Å². The molecule has 0 aromatic heterocycles. The molecule has 1 rings (SSSR count). The van der Waals surface area contributed by atoms with Crippen molar-refractivity contribution in [1.29, 1.82) is 0 Å². The summed E-state index contributed by atoms with van der Waals surface area (Å²) in [7, 11) is 1.22. The number of imide groups is 1. The van der Waals surface area contributed by atoms with Gasteiger partial charge in [-0.3, -0.25) is 15.4 Å². The van der Waals surface area contributed by atoms with Gasteiger partial charge in [0.25, 0.3) is 0 Å². The third-order valence-corrected chi connectivity index (χ3v) is 3.46. The predicted molar refractivity (Wildman–Crippen MR) is 80.3 cm³/mol. The number of carbonyl (C=O) groups excluding carboxylic acids is 2. The van der Waals surface area contributed by atoms with Crippen molar-refractivity contribution >= 4 is 27.9 Å². The van der Waals surface area contributed by atoms with Gasteiger partial charge in [-0.15, -0.1) is 0 Å². The van der Waals surface area contributed by atoms with E-state index in [1.807, 2.05) is 31.2 Å². The molecule has 6 heteroatoms. The van der Waals surface area contributed by atoms with E-state index in [1.54, 1.807) is 6.92 Å². The van der Waals surface area contributed by atoms with Gasteiger partial charge in [-0.25, -0.2) is 4.79 Å². The summed E-state index contributed by atoms with van der Waals surface area (Å²) in [6.07, 6.45) is 0.0811. The van der Waals surface area contributed by atoms with E-state index in [-0.39, 0.29) is 6.04 Å². The second kappa shape index (κ2) is 8.01. The first-order valence-electron chi connectivity index (χ1n) is 6.38. The lowest BCUT2D eigenvalue weighted by Gasteiger charge is -2.22. The first-order valence-corrected chi connectivity index (χ1v) is 7.17. The van der Waals surface area contributed by atoms with Crippen molar-refractivity contribution in [3.63, 3.8) is 0 Å². The Hall–Kier alpha value is -1.40. The summed E-state index contributed by atoms with van der Waals surface area (Å²) in [5.74, 6) is -0.410. The zero-order valence-electron chi connectivity index (χ0n) is 11.8. The molecule has 20 heavy (non-hydrogen) atoms. The molecule has 1 aromatic carbocycles. The fourth-order valence-corrected chi connectivity index (χ4v) is 2.05. The fourth-order valence-electron chi connectivity index (χ4n) is 1.78. The highest BCUT2D eigenvalue weighted by molar-refractivity contribution is 9.10. The number of hydrogen-bond donors (Lipinski definition) is 2. The van der Waals surface area contributed by atoms with Gasteiger partial charge in [-0.05, 0) is 31.0 Å². The number of rotatable bonds is 5. The Labute approximate surface area is 127 Å². The van der Waals surface area contributed by atoms with E-state index in [0.717, 1.165) is 16.5 Å². The monoisotopic (exact) mass is 342 g/mol. The van der Waals surface area contributed by atoms with Crippen LogP contribution in [0.1, 0.15) is 31.9 Å². The lowest BCUT2D eigenvalue weighted by Crippen LogP contribution is -2.45. The van der Waals surface area contributed by atoms with Gasteiger partial charge in [-0.2, -0.15) is 0 Å². The molecule has 0 saturated heterocycles. The van der Waals surface area contributed by atoms with E-state index < -0.39 is 18.0 Å². The van der Waals surface area contributed by atoms with Crippen LogP contribution in [0.4, 0.5) is 4.79 Å². The molecule has 0 fully saturated rings. The first kappa shape index (κ1) is 16.7. The van der Waals surface area contributed by atoms with Crippen LogP contribution >= 0.6 is 15.9 Å². The van der Waals surface area contributed by atoms with Crippen LogP contribution in [-0.2, 0) is 9.53 Å². The Morgan fingerprint density at radius 2 is 1.90 bits per heavy atom. The molecular weight excluding hydrogens is 324 g/mol. The number of halogens is 1. The highest BCUT2D eigenvalue weighted by atomic mass is 79.9. The van der Waals surface area contributed by atoms with E-state index in [4.69, 9.17) is 0 Å². The molecule has 2 amide bonds. The predicted octanol–water partition coefficient (Wildman–Crippen LogP) is 2.76. The zero-order valence-corrected chi connectivity index (χ0v) is 13.4. The molecule has 0 unspecified atom stereocenters. The van der Waals surface area contributed by atoms with Crippen molar-refractivity contribution in [3.05, 3.63) is 34.3 Å². The Balaban J connectivity index is 2.66. The van der Waals surface area contributed by atoms with Crippen LogP contribution in [-0.4, -0.2) is 25.2 Å². The summed E-state index contributed by atoms with van der Waals surface area (Å²) < 4.78 is 5.40. The number of hydrogen-bond acceptors (Lipinski definition) is 4. The Morgan fingerprint density at radius 3 is 2.40 bits per heavy atom. The maximum Gasteiger partial charge on any atom is 0.413 e. The van der Waals surface area contributed by atoms with Gasteiger partial charge >= 0.3 is 6.09 Å². The smallest absolute Gasteiger partial charge is 0.413 e. The molecule has 0 heterocycles. The summed E-state index contributed by atoms with van der Waals surface area (Å²) >= 11 is 3.39. The second-order valence-electron chi connectivity index (χ2n) is 4.38. The van der Waals surface area contributed by atoms with Crippen LogP contribution in [0.15, 0.2) is 28.7 Å². The molecule has 0 bridgehead atoms.